The summed E-state index contributed by atoms with van der Waals surface area (Å²) < 4.78 is 13.4. The Morgan fingerprint density at radius 2 is 2.05 bits per heavy atom. The van der Waals surface area contributed by atoms with E-state index in [0.717, 1.165) is 0 Å². The second-order valence-electron chi connectivity index (χ2n) is 4.33. The molecule has 1 aromatic rings. The lowest BCUT2D eigenvalue weighted by Crippen LogP contribution is -2.34. The molecule has 2 amide bonds. The van der Waals surface area contributed by atoms with E-state index in [2.05, 4.69) is 26.6 Å². The molecule has 6 heteroatoms. The van der Waals surface area contributed by atoms with Gasteiger partial charge in [0, 0.05) is 19.0 Å². The summed E-state index contributed by atoms with van der Waals surface area (Å²) in [6.07, 6.45) is 0.191. The Morgan fingerprint density at radius 1 is 1.37 bits per heavy atom. The molecule has 0 saturated carbocycles. The summed E-state index contributed by atoms with van der Waals surface area (Å²) in [5.41, 5.74) is 0.212. The molecule has 0 aliphatic carbocycles. The molecule has 0 aromatic heterocycles. The number of benzene rings is 1. The molecule has 0 aliphatic heterocycles. The molecule has 2 N–H and O–H groups in total. The van der Waals surface area contributed by atoms with E-state index in [4.69, 9.17) is 0 Å². The maximum Gasteiger partial charge on any atom is 0.252 e. The minimum absolute atomic E-state index is 0.0700. The van der Waals surface area contributed by atoms with Gasteiger partial charge < -0.3 is 10.6 Å². The zero-order valence-corrected chi connectivity index (χ0v) is 12.4. The van der Waals surface area contributed by atoms with E-state index in [1.807, 2.05) is 13.8 Å². The van der Waals surface area contributed by atoms with Gasteiger partial charge in [-0.2, -0.15) is 0 Å². The van der Waals surface area contributed by atoms with Crippen LogP contribution in [-0.4, -0.2) is 24.4 Å². The van der Waals surface area contributed by atoms with Gasteiger partial charge in [-0.15, -0.1) is 0 Å². The summed E-state index contributed by atoms with van der Waals surface area (Å²) in [4.78, 5) is 23.1. The first-order valence-electron chi connectivity index (χ1n) is 5.93. The van der Waals surface area contributed by atoms with E-state index in [1.165, 1.54) is 18.2 Å². The van der Waals surface area contributed by atoms with Crippen LogP contribution in [0.15, 0.2) is 22.7 Å². The number of rotatable bonds is 5. The first-order chi connectivity index (χ1) is 8.91. The Hall–Kier alpha value is -1.43. The van der Waals surface area contributed by atoms with Gasteiger partial charge in [0.15, 0.2) is 0 Å². The highest BCUT2D eigenvalue weighted by atomic mass is 79.9. The summed E-state index contributed by atoms with van der Waals surface area (Å²) in [7, 11) is 0. The van der Waals surface area contributed by atoms with Crippen LogP contribution < -0.4 is 10.6 Å². The van der Waals surface area contributed by atoms with Crippen LogP contribution in [0.3, 0.4) is 0 Å². The van der Waals surface area contributed by atoms with Crippen molar-refractivity contribution >= 4 is 27.7 Å². The number of amides is 2. The summed E-state index contributed by atoms with van der Waals surface area (Å²) in [5.74, 6) is -1.04. The second-order valence-corrected chi connectivity index (χ2v) is 5.12. The lowest BCUT2D eigenvalue weighted by Gasteiger charge is -2.09. The van der Waals surface area contributed by atoms with Gasteiger partial charge in [-0.25, -0.2) is 4.39 Å². The van der Waals surface area contributed by atoms with Crippen LogP contribution in [0.2, 0.25) is 0 Å². The zero-order chi connectivity index (χ0) is 14.4. The molecule has 0 unspecified atom stereocenters. The van der Waals surface area contributed by atoms with Crippen LogP contribution in [0.5, 0.6) is 0 Å². The van der Waals surface area contributed by atoms with Crippen molar-refractivity contribution < 1.29 is 14.0 Å². The molecule has 1 aromatic carbocycles. The summed E-state index contributed by atoms with van der Waals surface area (Å²) in [6, 6.07) is 4.30. The van der Waals surface area contributed by atoms with Crippen LogP contribution in [0.1, 0.15) is 30.6 Å². The van der Waals surface area contributed by atoms with Crippen molar-refractivity contribution in [2.24, 2.45) is 0 Å². The molecule has 0 atom stereocenters. The minimum atomic E-state index is -0.495. The van der Waals surface area contributed by atoms with E-state index in [9.17, 15) is 14.0 Å². The Morgan fingerprint density at radius 3 is 2.68 bits per heavy atom. The van der Waals surface area contributed by atoms with Gasteiger partial charge in [-0.05, 0) is 41.9 Å². The van der Waals surface area contributed by atoms with E-state index in [-0.39, 0.29) is 35.0 Å². The predicted octanol–water partition coefficient (Wildman–Crippen LogP) is 2.23. The third-order valence-electron chi connectivity index (χ3n) is 2.28. The molecule has 0 radical (unpaired) electrons. The third-order valence-corrected chi connectivity index (χ3v) is 3.09. The van der Waals surface area contributed by atoms with Crippen LogP contribution in [0.25, 0.3) is 0 Å². The number of carbonyl (C=O) groups excluding carboxylic acids is 2. The molecule has 0 saturated heterocycles. The third kappa shape index (κ3) is 4.98. The molecule has 0 heterocycles. The highest BCUT2D eigenvalue weighted by molar-refractivity contribution is 9.10. The number of hydrogen-bond donors (Lipinski definition) is 2. The van der Waals surface area contributed by atoms with Crippen molar-refractivity contribution in [1.29, 1.82) is 0 Å². The second kappa shape index (κ2) is 7.23. The SMILES string of the molecule is CC(C)NC(=O)CCNC(=O)c1cccc(F)c1Br. The van der Waals surface area contributed by atoms with Crippen molar-refractivity contribution in [3.05, 3.63) is 34.1 Å². The topological polar surface area (TPSA) is 58.2 Å². The fraction of sp³-hybridized carbons (Fsp3) is 0.385. The molecule has 0 bridgehead atoms. The van der Waals surface area contributed by atoms with Gasteiger partial charge in [-0.1, -0.05) is 6.07 Å². The van der Waals surface area contributed by atoms with Crippen molar-refractivity contribution in [2.75, 3.05) is 6.54 Å². The normalized spacial score (nSPS) is 10.4. The minimum Gasteiger partial charge on any atom is -0.354 e. The van der Waals surface area contributed by atoms with Crippen LogP contribution in [-0.2, 0) is 4.79 Å². The van der Waals surface area contributed by atoms with Crippen molar-refractivity contribution in [3.8, 4) is 0 Å². The van der Waals surface area contributed by atoms with E-state index < -0.39 is 11.7 Å². The number of hydrogen-bond acceptors (Lipinski definition) is 2. The van der Waals surface area contributed by atoms with E-state index in [1.54, 1.807) is 0 Å². The molecule has 104 valence electrons. The Kier molecular flexibility index (Phi) is 5.95. The molecule has 0 spiro atoms. The molecular formula is C13H16BrFN2O2. The number of carbonyl (C=O) groups is 2. The van der Waals surface area contributed by atoms with Gasteiger partial charge in [-0.3, -0.25) is 9.59 Å². The molecule has 1 rings (SSSR count). The maximum atomic E-state index is 13.2. The first kappa shape index (κ1) is 15.6. The van der Waals surface area contributed by atoms with Crippen LogP contribution in [0, 0.1) is 5.82 Å². The Bertz CT molecular complexity index is 478. The lowest BCUT2D eigenvalue weighted by atomic mass is 10.2. The Balaban J connectivity index is 2.48. The molecule has 0 fully saturated rings. The van der Waals surface area contributed by atoms with Crippen LogP contribution in [0.4, 0.5) is 4.39 Å². The van der Waals surface area contributed by atoms with Crippen molar-refractivity contribution in [2.45, 2.75) is 26.3 Å². The van der Waals surface area contributed by atoms with Gasteiger partial charge in [0.05, 0.1) is 10.0 Å². The predicted molar refractivity (Wildman–Crippen MR) is 74.3 cm³/mol. The molecule has 4 nitrogen and oxygen atoms in total. The van der Waals surface area contributed by atoms with Gasteiger partial charge in [0.25, 0.3) is 5.91 Å². The molecular weight excluding hydrogens is 315 g/mol. The first-order valence-corrected chi connectivity index (χ1v) is 6.72. The van der Waals surface area contributed by atoms with Crippen LogP contribution >= 0.6 is 15.9 Å². The fourth-order valence-electron chi connectivity index (χ4n) is 1.46. The monoisotopic (exact) mass is 330 g/mol. The zero-order valence-electron chi connectivity index (χ0n) is 10.8. The number of halogens is 2. The van der Waals surface area contributed by atoms with Crippen molar-refractivity contribution in [1.82, 2.24) is 10.6 Å². The number of nitrogens with one attached hydrogen (secondary N) is 2. The summed E-state index contributed by atoms with van der Waals surface area (Å²) in [5, 5.41) is 5.29. The fourth-order valence-corrected chi connectivity index (χ4v) is 1.90. The van der Waals surface area contributed by atoms with Crippen molar-refractivity contribution in [3.63, 3.8) is 0 Å². The largest absolute Gasteiger partial charge is 0.354 e. The lowest BCUT2D eigenvalue weighted by molar-refractivity contribution is -0.121. The standard InChI is InChI=1S/C13H16BrFN2O2/c1-8(2)17-11(18)6-7-16-13(19)9-4-3-5-10(15)12(9)14/h3-5,8H,6-7H2,1-2H3,(H,16,19)(H,17,18). The smallest absolute Gasteiger partial charge is 0.252 e. The highest BCUT2D eigenvalue weighted by Gasteiger charge is 2.13. The highest BCUT2D eigenvalue weighted by Crippen LogP contribution is 2.20. The van der Waals surface area contributed by atoms with Gasteiger partial charge in [0.1, 0.15) is 5.82 Å². The summed E-state index contributed by atoms with van der Waals surface area (Å²) in [6.45, 7) is 3.93. The maximum absolute atomic E-state index is 13.2. The molecule has 19 heavy (non-hydrogen) atoms. The van der Waals surface area contributed by atoms with Gasteiger partial charge in [0.2, 0.25) is 5.91 Å². The Labute approximate surface area is 119 Å². The quantitative estimate of drug-likeness (QED) is 0.869. The van der Waals surface area contributed by atoms with E-state index >= 15 is 0 Å². The summed E-state index contributed by atoms with van der Waals surface area (Å²) >= 11 is 3.02. The average Bonchev–Trinajstić information content (AvgIpc) is 2.31. The average molecular weight is 331 g/mol. The van der Waals surface area contributed by atoms with E-state index in [0.29, 0.717) is 0 Å². The van der Waals surface area contributed by atoms with Gasteiger partial charge >= 0.3 is 0 Å². The molecule has 0 aliphatic rings.